The second-order valence-electron chi connectivity index (χ2n) is 4.32. The summed E-state index contributed by atoms with van der Waals surface area (Å²) in [7, 11) is 0. The zero-order valence-electron chi connectivity index (χ0n) is 10.2. The van der Waals surface area contributed by atoms with E-state index in [4.69, 9.17) is 9.26 Å². The maximum atomic E-state index is 5.70. The van der Waals surface area contributed by atoms with Crippen molar-refractivity contribution in [2.75, 3.05) is 19.7 Å². The number of hydrogen-bond acceptors (Lipinski definition) is 5. The second kappa shape index (κ2) is 4.88. The summed E-state index contributed by atoms with van der Waals surface area (Å²) in [5.41, 5.74) is 2.13. The molecule has 5 nitrogen and oxygen atoms in total. The molecule has 18 heavy (non-hydrogen) atoms. The van der Waals surface area contributed by atoms with Gasteiger partial charge in [0.05, 0.1) is 12.7 Å². The van der Waals surface area contributed by atoms with Gasteiger partial charge in [0.1, 0.15) is 0 Å². The van der Waals surface area contributed by atoms with Gasteiger partial charge < -0.3 is 14.6 Å². The van der Waals surface area contributed by atoms with Crippen LogP contribution < -0.4 is 5.32 Å². The summed E-state index contributed by atoms with van der Waals surface area (Å²) in [6, 6.07) is 8.10. The molecule has 2 aromatic rings. The van der Waals surface area contributed by atoms with Crippen LogP contribution in [0.2, 0.25) is 0 Å². The van der Waals surface area contributed by atoms with Gasteiger partial charge in [-0.3, -0.25) is 0 Å². The van der Waals surface area contributed by atoms with Crippen LogP contribution >= 0.6 is 0 Å². The van der Waals surface area contributed by atoms with Gasteiger partial charge in [-0.25, -0.2) is 0 Å². The fraction of sp³-hybridized carbons (Fsp3) is 0.385. The molecule has 0 radical (unpaired) electrons. The van der Waals surface area contributed by atoms with Crippen LogP contribution in [0.15, 0.2) is 28.8 Å². The van der Waals surface area contributed by atoms with E-state index in [1.165, 1.54) is 5.56 Å². The van der Waals surface area contributed by atoms with E-state index >= 15 is 0 Å². The van der Waals surface area contributed by atoms with Gasteiger partial charge in [0, 0.05) is 25.6 Å². The van der Waals surface area contributed by atoms with E-state index in [1.54, 1.807) is 6.92 Å². The minimum absolute atomic E-state index is 0.139. The molecule has 1 aromatic carbocycles. The quantitative estimate of drug-likeness (QED) is 0.872. The van der Waals surface area contributed by atoms with Crippen LogP contribution in [0.5, 0.6) is 0 Å². The lowest BCUT2D eigenvalue weighted by molar-refractivity contribution is 0.0277. The maximum absolute atomic E-state index is 5.70. The molecular formula is C13H15N3O2. The van der Waals surface area contributed by atoms with Gasteiger partial charge in [-0.05, 0) is 5.56 Å². The Balaban J connectivity index is 1.80. The van der Waals surface area contributed by atoms with Crippen LogP contribution in [0.25, 0.3) is 11.4 Å². The van der Waals surface area contributed by atoms with Crippen molar-refractivity contribution < 1.29 is 9.26 Å². The highest BCUT2D eigenvalue weighted by molar-refractivity contribution is 5.54. The van der Waals surface area contributed by atoms with Gasteiger partial charge >= 0.3 is 0 Å². The standard InChI is InChI=1S/C13H15N3O2/c1-9-15-13(16-18-9)11-4-2-10(3-5-11)12-8-14-6-7-17-12/h2-5,12,14H,6-8H2,1H3/t12-/m1/s1. The first-order chi connectivity index (χ1) is 8.83. The lowest BCUT2D eigenvalue weighted by atomic mass is 10.1. The Morgan fingerprint density at radius 1 is 1.28 bits per heavy atom. The van der Waals surface area contributed by atoms with E-state index in [-0.39, 0.29) is 6.10 Å². The van der Waals surface area contributed by atoms with Gasteiger partial charge in [-0.15, -0.1) is 0 Å². The third-order valence-electron chi connectivity index (χ3n) is 3.00. The molecule has 1 aliphatic rings. The summed E-state index contributed by atoms with van der Waals surface area (Å²) in [5.74, 6) is 1.20. The Kier molecular flexibility index (Phi) is 3.08. The van der Waals surface area contributed by atoms with E-state index in [2.05, 4.69) is 27.6 Å². The van der Waals surface area contributed by atoms with E-state index in [0.29, 0.717) is 11.7 Å². The third kappa shape index (κ3) is 2.27. The van der Waals surface area contributed by atoms with Crippen molar-refractivity contribution in [3.8, 4) is 11.4 Å². The van der Waals surface area contributed by atoms with Gasteiger partial charge in [-0.1, -0.05) is 29.4 Å². The topological polar surface area (TPSA) is 60.2 Å². The summed E-state index contributed by atoms with van der Waals surface area (Å²) >= 11 is 0. The first kappa shape index (κ1) is 11.4. The number of hydrogen-bond donors (Lipinski definition) is 1. The van der Waals surface area contributed by atoms with Crippen molar-refractivity contribution in [1.82, 2.24) is 15.5 Å². The Labute approximate surface area is 105 Å². The van der Waals surface area contributed by atoms with Crippen molar-refractivity contribution in [1.29, 1.82) is 0 Å². The number of benzene rings is 1. The number of ether oxygens (including phenoxy) is 1. The molecule has 1 aromatic heterocycles. The van der Waals surface area contributed by atoms with Gasteiger partial charge in [-0.2, -0.15) is 4.98 Å². The molecule has 0 spiro atoms. The van der Waals surface area contributed by atoms with Gasteiger partial charge in [0.25, 0.3) is 0 Å². The molecule has 0 amide bonds. The summed E-state index contributed by atoms with van der Waals surface area (Å²) in [6.45, 7) is 4.33. The third-order valence-corrected chi connectivity index (χ3v) is 3.00. The molecule has 0 bridgehead atoms. The highest BCUT2D eigenvalue weighted by atomic mass is 16.5. The summed E-state index contributed by atoms with van der Waals surface area (Å²) in [4.78, 5) is 4.20. The van der Waals surface area contributed by atoms with Crippen molar-refractivity contribution >= 4 is 0 Å². The van der Waals surface area contributed by atoms with Crippen LogP contribution in [-0.2, 0) is 4.74 Å². The lowest BCUT2D eigenvalue weighted by Crippen LogP contribution is -2.33. The SMILES string of the molecule is Cc1nc(-c2ccc([C@H]3CNCCO3)cc2)no1. The number of aromatic nitrogens is 2. The number of nitrogens with zero attached hydrogens (tertiary/aromatic N) is 2. The highest BCUT2D eigenvalue weighted by Crippen LogP contribution is 2.22. The predicted octanol–water partition coefficient (Wildman–Crippen LogP) is 1.71. The van der Waals surface area contributed by atoms with Gasteiger partial charge in [0.15, 0.2) is 0 Å². The van der Waals surface area contributed by atoms with Gasteiger partial charge in [0.2, 0.25) is 11.7 Å². The molecule has 1 N–H and O–H groups in total. The molecule has 0 unspecified atom stereocenters. The molecule has 3 rings (SSSR count). The normalized spacial score (nSPS) is 19.9. The van der Waals surface area contributed by atoms with E-state index in [0.717, 1.165) is 25.3 Å². The minimum atomic E-state index is 0.139. The maximum Gasteiger partial charge on any atom is 0.223 e. The zero-order valence-corrected chi connectivity index (χ0v) is 10.2. The molecule has 1 atom stereocenters. The summed E-state index contributed by atoms with van der Waals surface area (Å²) in [5, 5.41) is 7.22. The van der Waals surface area contributed by atoms with Crippen molar-refractivity contribution in [2.45, 2.75) is 13.0 Å². The average molecular weight is 245 g/mol. The van der Waals surface area contributed by atoms with Crippen molar-refractivity contribution in [3.05, 3.63) is 35.7 Å². The Morgan fingerprint density at radius 2 is 2.11 bits per heavy atom. The summed E-state index contributed by atoms with van der Waals surface area (Å²) in [6.07, 6.45) is 0.139. The van der Waals surface area contributed by atoms with Crippen molar-refractivity contribution in [3.63, 3.8) is 0 Å². The highest BCUT2D eigenvalue weighted by Gasteiger charge is 2.15. The molecule has 1 fully saturated rings. The number of morpholine rings is 1. The monoisotopic (exact) mass is 245 g/mol. The molecule has 94 valence electrons. The fourth-order valence-electron chi connectivity index (χ4n) is 2.04. The Hall–Kier alpha value is -1.72. The largest absolute Gasteiger partial charge is 0.371 e. The molecule has 1 saturated heterocycles. The van der Waals surface area contributed by atoms with Crippen LogP contribution in [0.4, 0.5) is 0 Å². The molecule has 0 saturated carbocycles. The first-order valence-electron chi connectivity index (χ1n) is 6.06. The molecule has 5 heteroatoms. The Bertz CT molecular complexity index is 515. The first-order valence-corrected chi connectivity index (χ1v) is 6.06. The van der Waals surface area contributed by atoms with E-state index < -0.39 is 0 Å². The number of aryl methyl sites for hydroxylation is 1. The molecule has 2 heterocycles. The van der Waals surface area contributed by atoms with Crippen LogP contribution in [0.1, 0.15) is 17.6 Å². The number of rotatable bonds is 2. The average Bonchev–Trinajstić information content (AvgIpc) is 2.87. The predicted molar refractivity (Wildman–Crippen MR) is 66.0 cm³/mol. The summed E-state index contributed by atoms with van der Waals surface area (Å²) < 4.78 is 10.7. The minimum Gasteiger partial charge on any atom is -0.371 e. The van der Waals surface area contributed by atoms with Crippen LogP contribution in [0.3, 0.4) is 0 Å². The second-order valence-corrected chi connectivity index (χ2v) is 4.32. The van der Waals surface area contributed by atoms with E-state index in [9.17, 15) is 0 Å². The van der Waals surface area contributed by atoms with Crippen LogP contribution in [-0.4, -0.2) is 29.8 Å². The van der Waals surface area contributed by atoms with Crippen LogP contribution in [0, 0.1) is 6.92 Å². The smallest absolute Gasteiger partial charge is 0.223 e. The molecule has 0 aliphatic carbocycles. The fourth-order valence-corrected chi connectivity index (χ4v) is 2.04. The van der Waals surface area contributed by atoms with E-state index in [1.807, 2.05) is 12.1 Å². The Morgan fingerprint density at radius 3 is 2.72 bits per heavy atom. The number of nitrogens with one attached hydrogen (secondary N) is 1. The zero-order chi connectivity index (χ0) is 12.4. The molecule has 1 aliphatic heterocycles. The lowest BCUT2D eigenvalue weighted by Gasteiger charge is -2.23. The van der Waals surface area contributed by atoms with Crippen molar-refractivity contribution in [2.24, 2.45) is 0 Å². The molecular weight excluding hydrogens is 230 g/mol.